The number of benzene rings is 2. The zero-order valence-corrected chi connectivity index (χ0v) is 27.0. The van der Waals surface area contributed by atoms with Gasteiger partial charge in [-0.15, -0.1) is 0 Å². The zero-order chi connectivity index (χ0) is 28.8. The van der Waals surface area contributed by atoms with Crippen molar-refractivity contribution in [2.75, 3.05) is 13.1 Å². The van der Waals surface area contributed by atoms with Crippen LogP contribution in [0.15, 0.2) is 36.4 Å². The molecule has 1 heterocycles. The molecule has 2 aromatic carbocycles. The maximum Gasteiger partial charge on any atom is 0.154 e. The molecule has 2 aliphatic rings. The second kappa shape index (κ2) is 17.8. The molecule has 0 aromatic heterocycles. The number of halogens is 1. The molecule has 0 radical (unpaired) electrons. The van der Waals surface area contributed by atoms with Crippen molar-refractivity contribution in [2.24, 2.45) is 0 Å². The van der Waals surface area contributed by atoms with Gasteiger partial charge in [-0.05, 0) is 101 Å². The second-order valence-corrected chi connectivity index (χ2v) is 12.9. The summed E-state index contributed by atoms with van der Waals surface area (Å²) in [5, 5.41) is 0. The van der Waals surface area contributed by atoms with Crippen LogP contribution in [-0.4, -0.2) is 40.4 Å². The van der Waals surface area contributed by atoms with Gasteiger partial charge in [-0.25, -0.2) is 0 Å². The molecule has 1 saturated heterocycles. The number of aryl methyl sites for hydroxylation is 4. The highest BCUT2D eigenvalue weighted by atomic mass is 79.9. The van der Waals surface area contributed by atoms with Crippen molar-refractivity contribution in [3.8, 4) is 0 Å². The van der Waals surface area contributed by atoms with E-state index in [9.17, 15) is 9.59 Å². The first-order valence-electron chi connectivity index (χ1n) is 15.2. The first-order valence-corrected chi connectivity index (χ1v) is 16.1. The number of hydrogen-bond acceptors (Lipinski definition) is 3. The molecule has 0 amide bonds. The summed E-state index contributed by atoms with van der Waals surface area (Å²) in [7, 11) is 0. The van der Waals surface area contributed by atoms with Crippen LogP contribution < -0.4 is 0 Å². The standard InChI is InChI=1S/C17H25NO.C12H15BrO.C6H12/c1-13-8-7-9-14(2)16(13)12-17(19)15(3)18-10-5-4-6-11-18;1-8-5-4-6-9(2)11(8)7-12(14)10(3)13;1-2-4-6-5-3-1/h7-9,15H,4-6,10-12H2,1-3H3;4-6,10H,7H2,1-3H3;1-6H2. The number of carbonyl (C=O) groups excluding carboxylic acids is 2. The van der Waals surface area contributed by atoms with Gasteiger partial charge in [0.2, 0.25) is 0 Å². The van der Waals surface area contributed by atoms with E-state index < -0.39 is 0 Å². The molecule has 4 rings (SSSR count). The monoisotopic (exact) mass is 597 g/mol. The highest BCUT2D eigenvalue weighted by Crippen LogP contribution is 2.19. The molecule has 2 atom stereocenters. The zero-order valence-electron chi connectivity index (χ0n) is 25.5. The number of ketones is 2. The Kier molecular flexibility index (Phi) is 15.3. The normalized spacial score (nSPS) is 17.1. The number of carbonyl (C=O) groups is 2. The third-order valence-electron chi connectivity index (χ3n) is 8.34. The maximum atomic E-state index is 12.5. The molecule has 216 valence electrons. The van der Waals surface area contributed by atoms with Crippen LogP contribution in [0.25, 0.3) is 0 Å². The number of nitrogens with zero attached hydrogens (tertiary/aromatic N) is 1. The quantitative estimate of drug-likeness (QED) is 0.299. The minimum Gasteiger partial charge on any atom is -0.298 e. The van der Waals surface area contributed by atoms with E-state index in [1.807, 2.05) is 13.0 Å². The number of rotatable bonds is 7. The van der Waals surface area contributed by atoms with Crippen LogP contribution in [0.3, 0.4) is 0 Å². The van der Waals surface area contributed by atoms with Crippen molar-refractivity contribution in [1.29, 1.82) is 0 Å². The number of alkyl halides is 1. The molecule has 1 saturated carbocycles. The van der Waals surface area contributed by atoms with E-state index in [1.165, 1.54) is 91.2 Å². The Labute approximate surface area is 247 Å². The van der Waals surface area contributed by atoms with Crippen molar-refractivity contribution in [3.63, 3.8) is 0 Å². The molecule has 2 unspecified atom stereocenters. The van der Waals surface area contributed by atoms with Crippen LogP contribution in [0.4, 0.5) is 0 Å². The summed E-state index contributed by atoms with van der Waals surface area (Å²) in [6.45, 7) is 14.4. The molecule has 2 aromatic rings. The van der Waals surface area contributed by atoms with Gasteiger partial charge in [0.05, 0.1) is 10.9 Å². The van der Waals surface area contributed by atoms with Crippen LogP contribution in [0.1, 0.15) is 105 Å². The molecule has 1 aliphatic heterocycles. The van der Waals surface area contributed by atoms with Gasteiger partial charge < -0.3 is 0 Å². The van der Waals surface area contributed by atoms with Gasteiger partial charge in [-0.1, -0.05) is 97.3 Å². The number of Topliss-reactive ketones (excluding diaryl/α,β-unsaturated/α-hetero) is 2. The van der Waals surface area contributed by atoms with Crippen LogP contribution in [0.5, 0.6) is 0 Å². The van der Waals surface area contributed by atoms with Crippen molar-refractivity contribution >= 4 is 27.5 Å². The summed E-state index contributed by atoms with van der Waals surface area (Å²) in [5.74, 6) is 0.599. The molecule has 4 heteroatoms. The highest BCUT2D eigenvalue weighted by molar-refractivity contribution is 9.10. The fraction of sp³-hybridized carbons (Fsp3) is 0.600. The fourth-order valence-corrected chi connectivity index (χ4v) is 5.62. The maximum absolute atomic E-state index is 12.5. The third kappa shape index (κ3) is 11.7. The van der Waals surface area contributed by atoms with Gasteiger partial charge in [0, 0.05) is 12.8 Å². The molecule has 0 spiro atoms. The number of hydrogen-bond donors (Lipinski definition) is 0. The van der Waals surface area contributed by atoms with E-state index in [4.69, 9.17) is 0 Å². The van der Waals surface area contributed by atoms with Crippen molar-refractivity contribution in [3.05, 3.63) is 69.8 Å². The predicted molar refractivity (Wildman–Crippen MR) is 170 cm³/mol. The molecule has 39 heavy (non-hydrogen) atoms. The summed E-state index contributed by atoms with van der Waals surface area (Å²) in [6.07, 6.45) is 13.9. The van der Waals surface area contributed by atoms with E-state index >= 15 is 0 Å². The lowest BCUT2D eigenvalue weighted by Gasteiger charge is -2.31. The first kappa shape index (κ1) is 33.4. The van der Waals surface area contributed by atoms with Gasteiger partial charge in [-0.3, -0.25) is 14.5 Å². The molecular weight excluding hydrogens is 546 g/mol. The molecule has 3 nitrogen and oxygen atoms in total. The SMILES string of the molecule is C1CCCCC1.Cc1cccc(C)c1CC(=O)C(C)Br.Cc1cccc(C)c1CC(=O)C(C)N1CCCCC1. The van der Waals surface area contributed by atoms with Crippen LogP contribution in [-0.2, 0) is 22.4 Å². The first-order chi connectivity index (χ1) is 18.6. The molecule has 1 aliphatic carbocycles. The molecule has 2 fully saturated rings. The predicted octanol–water partition coefficient (Wildman–Crippen LogP) is 8.83. The second-order valence-electron chi connectivity index (χ2n) is 11.5. The average Bonchev–Trinajstić information content (AvgIpc) is 2.94. The Hall–Kier alpha value is -1.78. The summed E-state index contributed by atoms with van der Waals surface area (Å²) in [4.78, 5) is 26.3. The fourth-order valence-electron chi connectivity index (χ4n) is 5.46. The summed E-state index contributed by atoms with van der Waals surface area (Å²) < 4.78 is 0. The smallest absolute Gasteiger partial charge is 0.154 e. The Morgan fingerprint density at radius 1 is 0.641 bits per heavy atom. The lowest BCUT2D eigenvalue weighted by atomic mass is 9.95. The van der Waals surface area contributed by atoms with Crippen molar-refractivity contribution in [1.82, 2.24) is 4.90 Å². The summed E-state index contributed by atoms with van der Waals surface area (Å²) >= 11 is 3.30. The summed E-state index contributed by atoms with van der Waals surface area (Å²) in [6, 6.07) is 12.5. The molecule has 0 bridgehead atoms. The Morgan fingerprint density at radius 3 is 1.33 bits per heavy atom. The van der Waals surface area contributed by atoms with Crippen LogP contribution in [0, 0.1) is 27.7 Å². The van der Waals surface area contributed by atoms with Crippen LogP contribution in [0.2, 0.25) is 0 Å². The Morgan fingerprint density at radius 2 is 0.974 bits per heavy atom. The van der Waals surface area contributed by atoms with E-state index in [-0.39, 0.29) is 16.7 Å². The van der Waals surface area contributed by atoms with Gasteiger partial charge in [0.1, 0.15) is 0 Å². The van der Waals surface area contributed by atoms with Gasteiger partial charge in [-0.2, -0.15) is 0 Å². The molecular formula is C35H52BrNO2. The lowest BCUT2D eigenvalue weighted by Crippen LogP contribution is -2.42. The van der Waals surface area contributed by atoms with E-state index in [0.29, 0.717) is 18.6 Å². The highest BCUT2D eigenvalue weighted by Gasteiger charge is 2.23. The van der Waals surface area contributed by atoms with Gasteiger partial charge in [0.25, 0.3) is 0 Å². The van der Waals surface area contributed by atoms with E-state index in [2.05, 4.69) is 85.8 Å². The van der Waals surface area contributed by atoms with Gasteiger partial charge >= 0.3 is 0 Å². The largest absolute Gasteiger partial charge is 0.298 e. The third-order valence-corrected chi connectivity index (χ3v) is 8.85. The minimum absolute atomic E-state index is 0.0542. The number of piperidine rings is 1. The summed E-state index contributed by atoms with van der Waals surface area (Å²) in [5.41, 5.74) is 7.26. The lowest BCUT2D eigenvalue weighted by molar-refractivity contribution is -0.123. The van der Waals surface area contributed by atoms with Crippen LogP contribution >= 0.6 is 15.9 Å². The van der Waals surface area contributed by atoms with E-state index in [0.717, 1.165) is 13.1 Å². The number of likely N-dealkylation sites (tertiary alicyclic amines) is 1. The van der Waals surface area contributed by atoms with E-state index in [1.54, 1.807) is 0 Å². The Bertz CT molecular complexity index is 983. The van der Waals surface area contributed by atoms with Crippen molar-refractivity contribution < 1.29 is 9.59 Å². The van der Waals surface area contributed by atoms with Crippen molar-refractivity contribution in [2.45, 2.75) is 123 Å². The Balaban J connectivity index is 0.000000232. The van der Waals surface area contributed by atoms with Gasteiger partial charge in [0.15, 0.2) is 11.6 Å². The average molecular weight is 599 g/mol. The topological polar surface area (TPSA) is 37.4 Å². The minimum atomic E-state index is -0.0542. The molecule has 0 N–H and O–H groups in total.